The highest BCUT2D eigenvalue weighted by Gasteiger charge is 2.16. The van der Waals surface area contributed by atoms with E-state index in [4.69, 9.17) is 37.6 Å². The molecule has 12 N–H and O–H groups in total. The number of carboxylic acids is 4. The van der Waals surface area contributed by atoms with E-state index in [1.54, 1.807) is 0 Å². The summed E-state index contributed by atoms with van der Waals surface area (Å²) < 4.78 is 0. The standard InChI is InChI=1S/2C11H12N2O2.C4H7NO4/c2*12-9(11(14)15)5-7-6-13-10-4-2-1-3-8(7)10;5-2(4(8)9)1-3(6)7/h2*1-4,6,9,13H,5,12H2,(H,14,15);2H,1,5H2,(H,6,7)(H,8,9). The Labute approximate surface area is 222 Å². The van der Waals surface area contributed by atoms with E-state index in [1.807, 2.05) is 60.9 Å². The maximum absolute atomic E-state index is 10.6. The van der Waals surface area contributed by atoms with Gasteiger partial charge in [-0.2, -0.15) is 0 Å². The fourth-order valence-corrected chi connectivity index (χ4v) is 3.52. The number of aromatic amines is 2. The van der Waals surface area contributed by atoms with Gasteiger partial charge in [-0.3, -0.25) is 19.2 Å². The van der Waals surface area contributed by atoms with Crippen molar-refractivity contribution in [2.75, 3.05) is 0 Å². The third-order valence-corrected chi connectivity index (χ3v) is 5.58. The van der Waals surface area contributed by atoms with Crippen LogP contribution >= 0.6 is 0 Å². The van der Waals surface area contributed by atoms with Crippen molar-refractivity contribution in [3.8, 4) is 0 Å². The summed E-state index contributed by atoms with van der Waals surface area (Å²) in [6.07, 6.45) is 3.79. The number of rotatable bonds is 9. The van der Waals surface area contributed by atoms with E-state index in [9.17, 15) is 19.2 Å². The van der Waals surface area contributed by atoms with Crippen LogP contribution in [0.15, 0.2) is 60.9 Å². The normalized spacial score (nSPS) is 12.8. The van der Waals surface area contributed by atoms with Crippen molar-refractivity contribution < 1.29 is 39.6 Å². The third-order valence-electron chi connectivity index (χ3n) is 5.58. The molecule has 4 aromatic rings. The maximum Gasteiger partial charge on any atom is 0.321 e. The van der Waals surface area contributed by atoms with Gasteiger partial charge in [-0.15, -0.1) is 0 Å². The zero-order chi connectivity index (χ0) is 29.1. The highest BCUT2D eigenvalue weighted by molar-refractivity contribution is 5.85. The van der Waals surface area contributed by atoms with Gasteiger partial charge in [-0.25, -0.2) is 0 Å². The number of para-hydroxylation sites is 2. The van der Waals surface area contributed by atoms with Crippen LogP contribution in [0.25, 0.3) is 21.8 Å². The fourth-order valence-electron chi connectivity index (χ4n) is 3.52. The zero-order valence-corrected chi connectivity index (χ0v) is 20.8. The average molecular weight is 542 g/mol. The monoisotopic (exact) mass is 541 g/mol. The average Bonchev–Trinajstić information content (AvgIpc) is 3.48. The number of carboxylic acid groups (broad SMARTS) is 4. The molecule has 3 atom stereocenters. The van der Waals surface area contributed by atoms with Crippen LogP contribution in [0.5, 0.6) is 0 Å². The highest BCUT2D eigenvalue weighted by Crippen LogP contribution is 2.19. The Hall–Kier alpha value is -4.72. The van der Waals surface area contributed by atoms with Gasteiger partial charge >= 0.3 is 23.9 Å². The first kappa shape index (κ1) is 30.5. The number of carbonyl (C=O) groups is 4. The molecule has 4 rings (SSSR count). The molecule has 0 radical (unpaired) electrons. The van der Waals surface area contributed by atoms with E-state index < -0.39 is 48.4 Å². The predicted octanol–water partition coefficient (Wildman–Crippen LogP) is 1.12. The van der Waals surface area contributed by atoms with Gasteiger partial charge in [0.25, 0.3) is 0 Å². The minimum atomic E-state index is -1.29. The molecule has 2 aromatic heterocycles. The van der Waals surface area contributed by atoms with Gasteiger partial charge < -0.3 is 47.6 Å². The largest absolute Gasteiger partial charge is 0.481 e. The molecular formula is C26H31N5O8. The number of H-pyrrole nitrogens is 2. The van der Waals surface area contributed by atoms with Crippen LogP contribution < -0.4 is 17.2 Å². The Bertz CT molecular complexity index is 1340. The number of nitrogens with one attached hydrogen (secondary N) is 2. The summed E-state index contributed by atoms with van der Waals surface area (Å²) in [6.45, 7) is 0. The molecule has 0 bridgehead atoms. The van der Waals surface area contributed by atoms with E-state index in [2.05, 4.69) is 9.97 Å². The highest BCUT2D eigenvalue weighted by atomic mass is 16.4. The van der Waals surface area contributed by atoms with E-state index in [-0.39, 0.29) is 0 Å². The molecule has 3 unspecified atom stereocenters. The van der Waals surface area contributed by atoms with Gasteiger partial charge in [0.05, 0.1) is 6.42 Å². The summed E-state index contributed by atoms with van der Waals surface area (Å²) in [5.74, 6) is -4.44. The van der Waals surface area contributed by atoms with E-state index in [0.717, 1.165) is 32.9 Å². The van der Waals surface area contributed by atoms with E-state index >= 15 is 0 Å². The van der Waals surface area contributed by atoms with Crippen LogP contribution in [0, 0.1) is 0 Å². The molecule has 0 saturated heterocycles. The molecule has 0 aliphatic rings. The molecule has 208 valence electrons. The third kappa shape index (κ3) is 9.27. The predicted molar refractivity (Wildman–Crippen MR) is 143 cm³/mol. The molecule has 13 heteroatoms. The Morgan fingerprint density at radius 1 is 0.615 bits per heavy atom. The maximum atomic E-state index is 10.6. The van der Waals surface area contributed by atoms with Crippen molar-refractivity contribution in [1.29, 1.82) is 0 Å². The van der Waals surface area contributed by atoms with Crippen LogP contribution in [-0.2, 0) is 32.0 Å². The number of hydrogen-bond acceptors (Lipinski definition) is 7. The Balaban J connectivity index is 0.000000213. The van der Waals surface area contributed by atoms with Gasteiger partial charge in [0.2, 0.25) is 0 Å². The molecule has 0 saturated carbocycles. The SMILES string of the molecule is NC(CC(=O)O)C(=O)O.NC(Cc1c[nH]c2ccccc12)C(=O)O.NC(Cc1c[nH]c2ccccc12)C(=O)O. The van der Waals surface area contributed by atoms with Crippen LogP contribution in [-0.4, -0.2) is 72.4 Å². The van der Waals surface area contributed by atoms with E-state index in [0.29, 0.717) is 12.8 Å². The second-order valence-corrected chi connectivity index (χ2v) is 8.56. The molecule has 0 amide bonds. The minimum absolute atomic E-state index is 0.347. The molecule has 39 heavy (non-hydrogen) atoms. The quantitative estimate of drug-likeness (QED) is 0.145. The van der Waals surface area contributed by atoms with Crippen LogP contribution in [0.2, 0.25) is 0 Å². The summed E-state index contributed by atoms with van der Waals surface area (Å²) in [6, 6.07) is 12.5. The lowest BCUT2D eigenvalue weighted by molar-refractivity contribution is -0.144. The molecule has 0 fully saturated rings. The lowest BCUT2D eigenvalue weighted by Crippen LogP contribution is -2.32. The van der Waals surface area contributed by atoms with Crippen molar-refractivity contribution in [2.24, 2.45) is 17.2 Å². The van der Waals surface area contributed by atoms with Gasteiger partial charge in [0.1, 0.15) is 18.1 Å². The first-order valence-corrected chi connectivity index (χ1v) is 11.7. The van der Waals surface area contributed by atoms with Crippen LogP contribution in [0.1, 0.15) is 17.5 Å². The molecular weight excluding hydrogens is 510 g/mol. The lowest BCUT2D eigenvalue weighted by atomic mass is 10.1. The number of aromatic nitrogens is 2. The molecule has 0 spiro atoms. The summed E-state index contributed by atoms with van der Waals surface area (Å²) in [7, 11) is 0. The number of fused-ring (bicyclic) bond motifs is 2. The summed E-state index contributed by atoms with van der Waals surface area (Å²) in [4.78, 5) is 47.0. The zero-order valence-electron chi connectivity index (χ0n) is 20.8. The number of aliphatic carboxylic acids is 4. The second-order valence-electron chi connectivity index (χ2n) is 8.56. The fraction of sp³-hybridized carbons (Fsp3) is 0.231. The van der Waals surface area contributed by atoms with Crippen molar-refractivity contribution in [3.05, 3.63) is 72.1 Å². The number of nitrogens with two attached hydrogens (primary N) is 3. The van der Waals surface area contributed by atoms with Crippen molar-refractivity contribution >= 4 is 45.7 Å². The molecule has 0 aliphatic carbocycles. The molecule has 2 heterocycles. The topological polar surface area (TPSA) is 259 Å². The Kier molecular flexibility index (Phi) is 11.2. The Morgan fingerprint density at radius 3 is 1.28 bits per heavy atom. The van der Waals surface area contributed by atoms with Crippen molar-refractivity contribution in [2.45, 2.75) is 37.4 Å². The van der Waals surface area contributed by atoms with Crippen molar-refractivity contribution in [3.63, 3.8) is 0 Å². The second kappa shape index (κ2) is 14.3. The number of hydrogen-bond donors (Lipinski definition) is 9. The van der Waals surface area contributed by atoms with Gasteiger partial charge in [-0.05, 0) is 23.3 Å². The summed E-state index contributed by atoms with van der Waals surface area (Å²) in [5, 5.41) is 35.5. The molecule has 2 aromatic carbocycles. The molecule has 0 aliphatic heterocycles. The van der Waals surface area contributed by atoms with Gasteiger partial charge in [0.15, 0.2) is 0 Å². The lowest BCUT2D eigenvalue weighted by Gasteiger charge is -2.04. The summed E-state index contributed by atoms with van der Waals surface area (Å²) in [5.41, 5.74) is 19.7. The van der Waals surface area contributed by atoms with Gasteiger partial charge in [-0.1, -0.05) is 36.4 Å². The smallest absolute Gasteiger partial charge is 0.321 e. The van der Waals surface area contributed by atoms with Crippen molar-refractivity contribution in [1.82, 2.24) is 9.97 Å². The van der Waals surface area contributed by atoms with Gasteiger partial charge in [0, 0.05) is 47.0 Å². The number of benzene rings is 2. The first-order chi connectivity index (χ1) is 18.4. The minimum Gasteiger partial charge on any atom is -0.481 e. The first-order valence-electron chi connectivity index (χ1n) is 11.7. The Morgan fingerprint density at radius 2 is 0.974 bits per heavy atom. The summed E-state index contributed by atoms with van der Waals surface area (Å²) >= 11 is 0. The van der Waals surface area contributed by atoms with Crippen LogP contribution in [0.4, 0.5) is 0 Å². The van der Waals surface area contributed by atoms with E-state index in [1.165, 1.54) is 0 Å². The molecule has 13 nitrogen and oxygen atoms in total. The van der Waals surface area contributed by atoms with Crippen LogP contribution in [0.3, 0.4) is 0 Å².